The first-order valence-corrected chi connectivity index (χ1v) is 8.68. The van der Waals surface area contributed by atoms with Crippen LogP contribution in [0.15, 0.2) is 67.1 Å². The van der Waals surface area contributed by atoms with E-state index in [0.717, 1.165) is 45.6 Å². The number of pyridine rings is 2. The lowest BCUT2D eigenvalue weighted by atomic mass is 10.0. The monoisotopic (exact) mass is 344 g/mol. The van der Waals surface area contributed by atoms with Crippen LogP contribution in [0.5, 0.6) is 5.75 Å². The number of hydrogen-bond acceptors (Lipinski definition) is 4. The van der Waals surface area contributed by atoms with Gasteiger partial charge in [-0.15, -0.1) is 0 Å². The van der Waals surface area contributed by atoms with Crippen LogP contribution in [0, 0.1) is 0 Å². The molecule has 0 amide bonds. The molecule has 0 atom stereocenters. The molecule has 0 fully saturated rings. The number of rotatable bonds is 6. The number of fused-ring (bicyclic) bond motifs is 1. The van der Waals surface area contributed by atoms with Crippen molar-refractivity contribution < 1.29 is 4.74 Å². The van der Waals surface area contributed by atoms with Gasteiger partial charge in [0.05, 0.1) is 29.5 Å². The maximum atomic E-state index is 5.94. The SMILES string of the molecule is NCCCOc1cnccc1-c1[nH]c2cccnc2c1-c1ccccc1. The van der Waals surface area contributed by atoms with Crippen molar-refractivity contribution in [2.75, 3.05) is 13.2 Å². The van der Waals surface area contributed by atoms with Crippen molar-refractivity contribution >= 4 is 11.0 Å². The van der Waals surface area contributed by atoms with Gasteiger partial charge in [0.2, 0.25) is 0 Å². The summed E-state index contributed by atoms with van der Waals surface area (Å²) < 4.78 is 5.94. The topological polar surface area (TPSA) is 76.8 Å². The number of nitrogens with two attached hydrogens (primary N) is 1. The number of H-pyrrole nitrogens is 1. The third-order valence-corrected chi connectivity index (χ3v) is 4.28. The van der Waals surface area contributed by atoms with E-state index in [9.17, 15) is 0 Å². The predicted molar refractivity (Wildman–Crippen MR) is 104 cm³/mol. The molecular formula is C21H20N4O. The van der Waals surface area contributed by atoms with Crippen molar-refractivity contribution in [3.8, 4) is 28.1 Å². The molecule has 3 N–H and O–H groups in total. The predicted octanol–water partition coefficient (Wildman–Crippen LogP) is 4.02. The molecule has 0 spiro atoms. The summed E-state index contributed by atoms with van der Waals surface area (Å²) in [5.74, 6) is 0.740. The van der Waals surface area contributed by atoms with Crippen molar-refractivity contribution in [1.82, 2.24) is 15.0 Å². The molecule has 0 unspecified atom stereocenters. The summed E-state index contributed by atoms with van der Waals surface area (Å²) in [6.45, 7) is 1.16. The van der Waals surface area contributed by atoms with Gasteiger partial charge in [-0.3, -0.25) is 9.97 Å². The summed E-state index contributed by atoms with van der Waals surface area (Å²) in [6.07, 6.45) is 6.14. The Hall–Kier alpha value is -3.18. The van der Waals surface area contributed by atoms with E-state index < -0.39 is 0 Å². The molecule has 4 rings (SSSR count). The van der Waals surface area contributed by atoms with Crippen LogP contribution in [-0.4, -0.2) is 28.1 Å². The second-order valence-corrected chi connectivity index (χ2v) is 6.00. The normalized spacial score (nSPS) is 11.0. The zero-order valence-corrected chi connectivity index (χ0v) is 14.4. The van der Waals surface area contributed by atoms with Gasteiger partial charge in [0.25, 0.3) is 0 Å². The van der Waals surface area contributed by atoms with E-state index in [-0.39, 0.29) is 0 Å². The van der Waals surface area contributed by atoms with E-state index in [4.69, 9.17) is 10.5 Å². The Kier molecular flexibility index (Phi) is 4.62. The lowest BCUT2D eigenvalue weighted by molar-refractivity contribution is 0.313. The Labute approximate surface area is 151 Å². The molecule has 26 heavy (non-hydrogen) atoms. The fourth-order valence-corrected chi connectivity index (χ4v) is 3.08. The lowest BCUT2D eigenvalue weighted by Gasteiger charge is -2.11. The number of nitrogens with one attached hydrogen (secondary N) is 1. The van der Waals surface area contributed by atoms with Crippen LogP contribution in [-0.2, 0) is 0 Å². The van der Waals surface area contributed by atoms with E-state index in [1.54, 1.807) is 12.4 Å². The smallest absolute Gasteiger partial charge is 0.146 e. The first kappa shape index (κ1) is 16.3. The summed E-state index contributed by atoms with van der Waals surface area (Å²) >= 11 is 0. The molecule has 5 heteroatoms. The molecular weight excluding hydrogens is 324 g/mol. The zero-order valence-electron chi connectivity index (χ0n) is 14.4. The molecule has 0 bridgehead atoms. The lowest BCUT2D eigenvalue weighted by Crippen LogP contribution is -2.06. The summed E-state index contributed by atoms with van der Waals surface area (Å²) in [6, 6.07) is 16.2. The minimum absolute atomic E-state index is 0.564. The van der Waals surface area contributed by atoms with Crippen molar-refractivity contribution in [2.24, 2.45) is 5.73 Å². The van der Waals surface area contributed by atoms with Gasteiger partial charge in [0.1, 0.15) is 5.75 Å². The minimum Gasteiger partial charge on any atom is -0.491 e. The third-order valence-electron chi connectivity index (χ3n) is 4.28. The van der Waals surface area contributed by atoms with Gasteiger partial charge in [0.15, 0.2) is 0 Å². The summed E-state index contributed by atoms with van der Waals surface area (Å²) in [5, 5.41) is 0. The van der Waals surface area contributed by atoms with Crippen LogP contribution >= 0.6 is 0 Å². The highest BCUT2D eigenvalue weighted by molar-refractivity contribution is 6.02. The number of aromatic nitrogens is 3. The Morgan fingerprint density at radius 1 is 1.00 bits per heavy atom. The second-order valence-electron chi connectivity index (χ2n) is 6.00. The molecule has 0 aliphatic heterocycles. The number of hydrogen-bond donors (Lipinski definition) is 2. The van der Waals surface area contributed by atoms with Gasteiger partial charge in [-0.2, -0.15) is 0 Å². The van der Waals surface area contributed by atoms with Crippen LogP contribution in [0.3, 0.4) is 0 Å². The van der Waals surface area contributed by atoms with Crippen LogP contribution in [0.25, 0.3) is 33.4 Å². The molecule has 130 valence electrons. The molecule has 0 aliphatic rings. The highest BCUT2D eigenvalue weighted by Gasteiger charge is 2.18. The van der Waals surface area contributed by atoms with E-state index in [1.807, 2.05) is 42.6 Å². The highest BCUT2D eigenvalue weighted by Crippen LogP contribution is 2.40. The fraction of sp³-hybridized carbons (Fsp3) is 0.143. The molecule has 0 saturated heterocycles. The van der Waals surface area contributed by atoms with Crippen LogP contribution < -0.4 is 10.5 Å². The van der Waals surface area contributed by atoms with Gasteiger partial charge in [-0.05, 0) is 36.7 Å². The molecule has 3 aromatic heterocycles. The summed E-state index contributed by atoms with van der Waals surface area (Å²) in [5.41, 5.74) is 11.6. The van der Waals surface area contributed by atoms with E-state index in [2.05, 4.69) is 27.1 Å². The zero-order chi connectivity index (χ0) is 17.8. The van der Waals surface area contributed by atoms with Crippen molar-refractivity contribution in [1.29, 1.82) is 0 Å². The Bertz CT molecular complexity index is 1010. The molecule has 5 nitrogen and oxygen atoms in total. The van der Waals surface area contributed by atoms with Gasteiger partial charge < -0.3 is 15.5 Å². The first-order valence-electron chi connectivity index (χ1n) is 8.68. The number of nitrogens with zero attached hydrogens (tertiary/aromatic N) is 2. The minimum atomic E-state index is 0.564. The molecule has 0 radical (unpaired) electrons. The Morgan fingerprint density at radius 3 is 2.73 bits per heavy atom. The quantitative estimate of drug-likeness (QED) is 0.518. The number of benzene rings is 1. The molecule has 3 heterocycles. The first-order chi connectivity index (χ1) is 12.9. The number of ether oxygens (including phenoxy) is 1. The van der Waals surface area contributed by atoms with Gasteiger partial charge >= 0.3 is 0 Å². The van der Waals surface area contributed by atoms with Gasteiger partial charge in [0, 0.05) is 23.5 Å². The van der Waals surface area contributed by atoms with Crippen molar-refractivity contribution in [3.05, 3.63) is 67.1 Å². The fourth-order valence-electron chi connectivity index (χ4n) is 3.08. The van der Waals surface area contributed by atoms with E-state index in [1.165, 1.54) is 0 Å². The van der Waals surface area contributed by atoms with E-state index >= 15 is 0 Å². The average molecular weight is 344 g/mol. The van der Waals surface area contributed by atoms with Crippen LogP contribution in [0.2, 0.25) is 0 Å². The van der Waals surface area contributed by atoms with Gasteiger partial charge in [-0.1, -0.05) is 30.3 Å². The Balaban J connectivity index is 1.90. The van der Waals surface area contributed by atoms with E-state index in [0.29, 0.717) is 13.2 Å². The summed E-state index contributed by atoms with van der Waals surface area (Å²) in [7, 11) is 0. The van der Waals surface area contributed by atoms with Crippen LogP contribution in [0.4, 0.5) is 0 Å². The van der Waals surface area contributed by atoms with Crippen LogP contribution in [0.1, 0.15) is 6.42 Å². The molecule has 0 saturated carbocycles. The maximum absolute atomic E-state index is 5.94. The average Bonchev–Trinajstić information content (AvgIpc) is 3.08. The van der Waals surface area contributed by atoms with Gasteiger partial charge in [-0.25, -0.2) is 0 Å². The maximum Gasteiger partial charge on any atom is 0.146 e. The standard InChI is InChI=1S/C21H20N4O/c22-10-5-13-26-18-14-23-12-9-16(18)20-19(15-6-2-1-3-7-15)21-17(25-20)8-4-11-24-21/h1-4,6-9,11-12,14,25H,5,10,13,22H2. The molecule has 0 aliphatic carbocycles. The molecule has 1 aromatic carbocycles. The van der Waals surface area contributed by atoms with Crippen molar-refractivity contribution in [2.45, 2.75) is 6.42 Å². The Morgan fingerprint density at radius 2 is 1.88 bits per heavy atom. The highest BCUT2D eigenvalue weighted by atomic mass is 16.5. The third kappa shape index (κ3) is 3.05. The largest absolute Gasteiger partial charge is 0.491 e. The second kappa shape index (κ2) is 7.37. The summed E-state index contributed by atoms with van der Waals surface area (Å²) in [4.78, 5) is 12.3. The van der Waals surface area contributed by atoms with Crippen molar-refractivity contribution in [3.63, 3.8) is 0 Å². The number of aromatic amines is 1. The molecule has 4 aromatic rings.